The Morgan fingerprint density at radius 1 is 1.33 bits per heavy atom. The lowest BCUT2D eigenvalue weighted by Crippen LogP contribution is -2.35. The van der Waals surface area contributed by atoms with Gasteiger partial charge in [-0.15, -0.1) is 0 Å². The van der Waals surface area contributed by atoms with Crippen LogP contribution < -0.4 is 5.32 Å². The summed E-state index contributed by atoms with van der Waals surface area (Å²) in [5, 5.41) is 3.59. The van der Waals surface area contributed by atoms with E-state index in [9.17, 15) is 9.59 Å². The number of para-hydroxylation sites is 1. The molecule has 5 heteroatoms. The Morgan fingerprint density at radius 2 is 2.10 bits per heavy atom. The standard InChI is InChI=1S/C16H20N2O3/c1-3-6-11(2)18-15(19)10-21-16(20)13-9-17-14-8-5-4-7-12(13)14/h4-5,7-9,11,17H,3,6,10H2,1-2H3,(H,18,19). The van der Waals surface area contributed by atoms with Gasteiger partial charge in [-0.05, 0) is 19.4 Å². The van der Waals surface area contributed by atoms with Gasteiger partial charge in [0.2, 0.25) is 0 Å². The summed E-state index contributed by atoms with van der Waals surface area (Å²) in [7, 11) is 0. The maximum atomic E-state index is 12.0. The van der Waals surface area contributed by atoms with E-state index >= 15 is 0 Å². The molecule has 0 radical (unpaired) electrons. The minimum absolute atomic E-state index is 0.0919. The largest absolute Gasteiger partial charge is 0.452 e. The molecule has 0 aliphatic heterocycles. The summed E-state index contributed by atoms with van der Waals surface area (Å²) in [5.74, 6) is -0.769. The van der Waals surface area contributed by atoms with Crippen molar-refractivity contribution in [3.05, 3.63) is 36.0 Å². The Kier molecular flexibility index (Phi) is 4.98. The van der Waals surface area contributed by atoms with Crippen LogP contribution in [0.3, 0.4) is 0 Å². The number of hydrogen-bond donors (Lipinski definition) is 2. The van der Waals surface area contributed by atoms with Gasteiger partial charge in [0.1, 0.15) is 0 Å². The molecular formula is C16H20N2O3. The second-order valence-electron chi connectivity index (χ2n) is 5.08. The van der Waals surface area contributed by atoms with E-state index < -0.39 is 5.97 Å². The monoisotopic (exact) mass is 288 g/mol. The summed E-state index contributed by atoms with van der Waals surface area (Å²) in [6.45, 7) is 3.73. The molecule has 1 atom stereocenters. The van der Waals surface area contributed by atoms with Crippen molar-refractivity contribution in [2.75, 3.05) is 6.61 Å². The van der Waals surface area contributed by atoms with Gasteiger partial charge >= 0.3 is 5.97 Å². The van der Waals surface area contributed by atoms with Gasteiger partial charge in [-0.3, -0.25) is 4.79 Å². The first kappa shape index (κ1) is 15.1. The maximum Gasteiger partial charge on any atom is 0.340 e. The SMILES string of the molecule is CCCC(C)NC(=O)COC(=O)c1c[nH]c2ccccc12. The molecule has 2 aromatic rings. The summed E-state index contributed by atoms with van der Waals surface area (Å²) in [6, 6.07) is 7.55. The summed E-state index contributed by atoms with van der Waals surface area (Å²) in [5.41, 5.74) is 1.31. The number of fused-ring (bicyclic) bond motifs is 1. The minimum atomic E-state index is -0.495. The number of ether oxygens (including phenoxy) is 1. The summed E-state index contributed by atoms with van der Waals surface area (Å²) in [4.78, 5) is 26.7. The smallest absolute Gasteiger partial charge is 0.340 e. The number of rotatable bonds is 6. The number of amides is 1. The van der Waals surface area contributed by atoms with Crippen LogP contribution in [-0.2, 0) is 9.53 Å². The van der Waals surface area contributed by atoms with Crippen molar-refractivity contribution in [1.29, 1.82) is 0 Å². The molecule has 0 spiro atoms. The van der Waals surface area contributed by atoms with Crippen LogP contribution in [0.5, 0.6) is 0 Å². The maximum absolute atomic E-state index is 12.0. The van der Waals surface area contributed by atoms with Crippen molar-refractivity contribution < 1.29 is 14.3 Å². The quantitative estimate of drug-likeness (QED) is 0.803. The molecule has 1 heterocycles. The summed E-state index contributed by atoms with van der Waals surface area (Å²) in [6.07, 6.45) is 3.50. The molecule has 112 valence electrons. The highest BCUT2D eigenvalue weighted by molar-refractivity contribution is 6.04. The lowest BCUT2D eigenvalue weighted by atomic mass is 10.2. The van der Waals surface area contributed by atoms with Gasteiger partial charge in [0.15, 0.2) is 6.61 Å². The zero-order valence-corrected chi connectivity index (χ0v) is 12.3. The predicted molar refractivity (Wildman–Crippen MR) is 81.1 cm³/mol. The number of benzene rings is 1. The van der Waals surface area contributed by atoms with Crippen LogP contribution in [-0.4, -0.2) is 29.5 Å². The van der Waals surface area contributed by atoms with Crippen molar-refractivity contribution in [3.63, 3.8) is 0 Å². The Bertz CT molecular complexity index is 633. The first-order valence-electron chi connectivity index (χ1n) is 7.14. The molecule has 5 nitrogen and oxygen atoms in total. The van der Waals surface area contributed by atoms with Gasteiger partial charge in [0.05, 0.1) is 5.56 Å². The lowest BCUT2D eigenvalue weighted by molar-refractivity contribution is -0.124. The highest BCUT2D eigenvalue weighted by Gasteiger charge is 2.15. The molecule has 1 amide bonds. The zero-order chi connectivity index (χ0) is 15.2. The van der Waals surface area contributed by atoms with E-state index in [-0.39, 0.29) is 18.6 Å². The van der Waals surface area contributed by atoms with E-state index in [2.05, 4.69) is 17.2 Å². The van der Waals surface area contributed by atoms with Crippen molar-refractivity contribution >= 4 is 22.8 Å². The first-order chi connectivity index (χ1) is 10.1. The molecule has 0 fully saturated rings. The number of aromatic amines is 1. The highest BCUT2D eigenvalue weighted by atomic mass is 16.5. The first-order valence-corrected chi connectivity index (χ1v) is 7.14. The summed E-state index contributed by atoms with van der Waals surface area (Å²) < 4.78 is 5.06. The predicted octanol–water partition coefficient (Wildman–Crippen LogP) is 2.63. The summed E-state index contributed by atoms with van der Waals surface area (Å²) >= 11 is 0. The van der Waals surface area contributed by atoms with Crippen molar-refractivity contribution in [2.24, 2.45) is 0 Å². The van der Waals surface area contributed by atoms with Crippen LogP contribution >= 0.6 is 0 Å². The van der Waals surface area contributed by atoms with Crippen LogP contribution in [0.15, 0.2) is 30.5 Å². The van der Waals surface area contributed by atoms with Gasteiger partial charge in [-0.25, -0.2) is 4.79 Å². The van der Waals surface area contributed by atoms with Gasteiger partial charge in [-0.1, -0.05) is 31.5 Å². The number of H-pyrrole nitrogens is 1. The minimum Gasteiger partial charge on any atom is -0.452 e. The zero-order valence-electron chi connectivity index (χ0n) is 12.3. The van der Waals surface area contributed by atoms with Crippen molar-refractivity contribution in [1.82, 2.24) is 10.3 Å². The van der Waals surface area contributed by atoms with E-state index in [0.717, 1.165) is 23.7 Å². The second-order valence-corrected chi connectivity index (χ2v) is 5.08. The molecular weight excluding hydrogens is 268 g/mol. The van der Waals surface area contributed by atoms with Gasteiger partial charge in [0, 0.05) is 23.1 Å². The number of nitrogens with one attached hydrogen (secondary N) is 2. The van der Waals surface area contributed by atoms with Gasteiger partial charge in [-0.2, -0.15) is 0 Å². The Hall–Kier alpha value is -2.30. The van der Waals surface area contributed by atoms with Crippen LogP contribution in [0.1, 0.15) is 37.0 Å². The molecule has 0 aliphatic rings. The van der Waals surface area contributed by atoms with Crippen LogP contribution in [0.25, 0.3) is 10.9 Å². The van der Waals surface area contributed by atoms with E-state index in [1.165, 1.54) is 0 Å². The van der Waals surface area contributed by atoms with E-state index in [4.69, 9.17) is 4.74 Å². The van der Waals surface area contributed by atoms with Gasteiger partial charge < -0.3 is 15.0 Å². The molecule has 2 N–H and O–H groups in total. The second kappa shape index (κ2) is 6.92. The van der Waals surface area contributed by atoms with Crippen molar-refractivity contribution in [2.45, 2.75) is 32.7 Å². The van der Waals surface area contributed by atoms with E-state index in [1.807, 2.05) is 31.2 Å². The lowest BCUT2D eigenvalue weighted by Gasteiger charge is -2.12. The van der Waals surface area contributed by atoms with Crippen LogP contribution in [0.4, 0.5) is 0 Å². The normalized spacial score (nSPS) is 12.1. The molecule has 21 heavy (non-hydrogen) atoms. The number of hydrogen-bond acceptors (Lipinski definition) is 3. The number of carbonyl (C=O) groups excluding carboxylic acids is 2. The van der Waals surface area contributed by atoms with E-state index in [0.29, 0.717) is 5.56 Å². The van der Waals surface area contributed by atoms with Crippen LogP contribution in [0, 0.1) is 0 Å². The number of carbonyl (C=O) groups is 2. The number of aromatic nitrogens is 1. The van der Waals surface area contributed by atoms with E-state index in [1.54, 1.807) is 6.20 Å². The average Bonchev–Trinajstić information content (AvgIpc) is 2.89. The fraction of sp³-hybridized carbons (Fsp3) is 0.375. The molecule has 0 bridgehead atoms. The molecule has 0 saturated carbocycles. The topological polar surface area (TPSA) is 71.2 Å². The third-order valence-corrected chi connectivity index (χ3v) is 3.27. The van der Waals surface area contributed by atoms with Crippen molar-refractivity contribution in [3.8, 4) is 0 Å². The fourth-order valence-electron chi connectivity index (χ4n) is 2.27. The third kappa shape index (κ3) is 3.84. The molecule has 1 aromatic heterocycles. The average molecular weight is 288 g/mol. The molecule has 1 aromatic carbocycles. The molecule has 1 unspecified atom stereocenters. The molecule has 0 saturated heterocycles. The van der Waals surface area contributed by atoms with Gasteiger partial charge in [0.25, 0.3) is 5.91 Å². The number of esters is 1. The fourth-order valence-corrected chi connectivity index (χ4v) is 2.27. The third-order valence-electron chi connectivity index (χ3n) is 3.27. The Morgan fingerprint density at radius 3 is 2.86 bits per heavy atom. The molecule has 0 aliphatic carbocycles. The Balaban J connectivity index is 1.91. The highest BCUT2D eigenvalue weighted by Crippen LogP contribution is 2.18. The molecule has 2 rings (SSSR count). The van der Waals surface area contributed by atoms with Crippen LogP contribution in [0.2, 0.25) is 0 Å². The Labute approximate surface area is 123 Å².